The molecule has 0 saturated carbocycles. The number of hydrogen-bond acceptors (Lipinski definition) is 3. The lowest BCUT2D eigenvalue weighted by Gasteiger charge is -2.14. The third-order valence-electron chi connectivity index (χ3n) is 2.18. The summed E-state index contributed by atoms with van der Waals surface area (Å²) in [5.41, 5.74) is 1.93. The van der Waals surface area contributed by atoms with Gasteiger partial charge in [0, 0.05) is 12.2 Å². The summed E-state index contributed by atoms with van der Waals surface area (Å²) in [7, 11) is 0. The summed E-state index contributed by atoms with van der Waals surface area (Å²) in [5, 5.41) is 3.38. The minimum absolute atomic E-state index is 0.467. The van der Waals surface area contributed by atoms with Gasteiger partial charge in [-0.15, -0.1) is 0 Å². The average molecular weight is 193 g/mol. The molecule has 1 rings (SSSR count). The molecule has 1 atom stereocenters. The number of anilines is 1. The minimum Gasteiger partial charge on any atom is -0.366 e. The first-order chi connectivity index (χ1) is 6.63. The first-order valence-corrected chi connectivity index (χ1v) is 5.20. The number of aromatic nitrogens is 2. The molecule has 0 amide bonds. The molecule has 0 aliphatic heterocycles. The Morgan fingerprint density at radius 1 is 1.43 bits per heavy atom. The molecule has 0 spiro atoms. The maximum absolute atomic E-state index is 4.42. The van der Waals surface area contributed by atoms with Gasteiger partial charge >= 0.3 is 0 Å². The van der Waals surface area contributed by atoms with Crippen molar-refractivity contribution in [3.63, 3.8) is 0 Å². The second-order valence-electron chi connectivity index (χ2n) is 3.78. The van der Waals surface area contributed by atoms with Crippen molar-refractivity contribution in [2.24, 2.45) is 0 Å². The molecule has 0 bridgehead atoms. The van der Waals surface area contributed by atoms with Crippen LogP contribution in [0.15, 0.2) is 6.20 Å². The number of nitrogens with one attached hydrogen (secondary N) is 1. The Bertz CT molecular complexity index is 297. The van der Waals surface area contributed by atoms with Crippen LogP contribution >= 0.6 is 0 Å². The van der Waals surface area contributed by atoms with E-state index in [9.17, 15) is 0 Å². The van der Waals surface area contributed by atoms with Gasteiger partial charge in [-0.2, -0.15) is 0 Å². The fraction of sp³-hybridized carbons (Fsp3) is 0.636. The number of rotatable bonds is 4. The maximum Gasteiger partial charge on any atom is 0.147 e. The first-order valence-electron chi connectivity index (χ1n) is 5.20. The van der Waals surface area contributed by atoms with Crippen molar-refractivity contribution in [1.82, 2.24) is 9.97 Å². The highest BCUT2D eigenvalue weighted by Crippen LogP contribution is 2.11. The Morgan fingerprint density at radius 2 is 2.14 bits per heavy atom. The van der Waals surface area contributed by atoms with Crippen LogP contribution in [0.3, 0.4) is 0 Å². The Kier molecular flexibility index (Phi) is 3.86. The van der Waals surface area contributed by atoms with Gasteiger partial charge in [-0.3, -0.25) is 4.98 Å². The third kappa shape index (κ3) is 2.98. The molecule has 1 N–H and O–H groups in total. The smallest absolute Gasteiger partial charge is 0.147 e. The van der Waals surface area contributed by atoms with E-state index in [1.165, 1.54) is 6.42 Å². The highest BCUT2D eigenvalue weighted by molar-refractivity contribution is 5.40. The molecule has 0 radical (unpaired) electrons. The molecule has 3 nitrogen and oxygen atoms in total. The van der Waals surface area contributed by atoms with Crippen molar-refractivity contribution in [2.45, 2.75) is 46.6 Å². The molecule has 78 valence electrons. The van der Waals surface area contributed by atoms with Crippen molar-refractivity contribution >= 4 is 5.82 Å². The van der Waals surface area contributed by atoms with E-state index in [1.54, 1.807) is 6.20 Å². The summed E-state index contributed by atoms with van der Waals surface area (Å²) in [6.07, 6.45) is 4.15. The second-order valence-corrected chi connectivity index (χ2v) is 3.78. The monoisotopic (exact) mass is 193 g/mol. The summed E-state index contributed by atoms with van der Waals surface area (Å²) in [6.45, 7) is 8.30. The van der Waals surface area contributed by atoms with Crippen molar-refractivity contribution in [1.29, 1.82) is 0 Å². The van der Waals surface area contributed by atoms with E-state index >= 15 is 0 Å². The molecule has 1 unspecified atom stereocenters. The quantitative estimate of drug-likeness (QED) is 0.799. The Balaban J connectivity index is 2.70. The largest absolute Gasteiger partial charge is 0.366 e. The van der Waals surface area contributed by atoms with Gasteiger partial charge in [-0.05, 0) is 27.2 Å². The Hall–Kier alpha value is -1.12. The average Bonchev–Trinajstić information content (AvgIpc) is 2.12. The second kappa shape index (κ2) is 4.94. The third-order valence-corrected chi connectivity index (χ3v) is 2.18. The lowest BCUT2D eigenvalue weighted by Crippen LogP contribution is -2.17. The molecular weight excluding hydrogens is 174 g/mol. The van der Waals surface area contributed by atoms with E-state index in [2.05, 4.69) is 29.1 Å². The van der Waals surface area contributed by atoms with Crippen molar-refractivity contribution in [3.8, 4) is 0 Å². The van der Waals surface area contributed by atoms with Gasteiger partial charge in [0.15, 0.2) is 0 Å². The summed E-state index contributed by atoms with van der Waals surface area (Å²) < 4.78 is 0. The van der Waals surface area contributed by atoms with E-state index < -0.39 is 0 Å². The standard InChI is InChI=1S/C11H19N3/c1-5-6-8(2)13-11-10(4)12-7-9(3)14-11/h7-8H,5-6H2,1-4H3,(H,13,14). The van der Waals surface area contributed by atoms with Crippen molar-refractivity contribution in [3.05, 3.63) is 17.6 Å². The van der Waals surface area contributed by atoms with Gasteiger partial charge in [0.25, 0.3) is 0 Å². The molecule has 0 fully saturated rings. The van der Waals surface area contributed by atoms with Crippen LogP contribution in [0.2, 0.25) is 0 Å². The molecule has 1 heterocycles. The summed E-state index contributed by atoms with van der Waals surface area (Å²) in [4.78, 5) is 8.69. The van der Waals surface area contributed by atoms with E-state index in [1.807, 2.05) is 13.8 Å². The SMILES string of the molecule is CCCC(C)Nc1nc(C)cnc1C. The van der Waals surface area contributed by atoms with Gasteiger partial charge in [0.1, 0.15) is 5.82 Å². The van der Waals surface area contributed by atoms with Crippen LogP contribution in [-0.2, 0) is 0 Å². The van der Waals surface area contributed by atoms with Crippen LogP contribution in [0.25, 0.3) is 0 Å². The fourth-order valence-electron chi connectivity index (χ4n) is 1.41. The molecule has 0 aromatic carbocycles. The predicted molar refractivity (Wildman–Crippen MR) is 59.5 cm³/mol. The molecule has 0 aliphatic carbocycles. The van der Waals surface area contributed by atoms with Crippen LogP contribution in [0.5, 0.6) is 0 Å². The van der Waals surface area contributed by atoms with E-state index in [-0.39, 0.29) is 0 Å². The van der Waals surface area contributed by atoms with Crippen LogP contribution in [0.1, 0.15) is 38.1 Å². The zero-order valence-electron chi connectivity index (χ0n) is 9.46. The predicted octanol–water partition coefficient (Wildman–Crippen LogP) is 2.69. The topological polar surface area (TPSA) is 37.8 Å². The zero-order chi connectivity index (χ0) is 10.6. The molecule has 0 aliphatic rings. The van der Waals surface area contributed by atoms with E-state index in [4.69, 9.17) is 0 Å². The Labute approximate surface area is 86.0 Å². The van der Waals surface area contributed by atoms with E-state index in [0.717, 1.165) is 23.6 Å². The number of hydrogen-bond donors (Lipinski definition) is 1. The summed E-state index contributed by atoms with van der Waals surface area (Å²) in [6, 6.07) is 0.467. The van der Waals surface area contributed by atoms with Gasteiger partial charge in [0.2, 0.25) is 0 Å². The van der Waals surface area contributed by atoms with Crippen LogP contribution < -0.4 is 5.32 Å². The lowest BCUT2D eigenvalue weighted by molar-refractivity contribution is 0.685. The molecular formula is C11H19N3. The highest BCUT2D eigenvalue weighted by atomic mass is 15.0. The number of nitrogens with zero attached hydrogens (tertiary/aromatic N) is 2. The molecule has 3 heteroatoms. The van der Waals surface area contributed by atoms with E-state index in [0.29, 0.717) is 6.04 Å². The van der Waals surface area contributed by atoms with Crippen LogP contribution in [0.4, 0.5) is 5.82 Å². The molecule has 1 aromatic heterocycles. The zero-order valence-corrected chi connectivity index (χ0v) is 9.46. The fourth-order valence-corrected chi connectivity index (χ4v) is 1.41. The molecule has 14 heavy (non-hydrogen) atoms. The summed E-state index contributed by atoms with van der Waals surface area (Å²) >= 11 is 0. The van der Waals surface area contributed by atoms with Crippen LogP contribution in [0, 0.1) is 13.8 Å². The maximum atomic E-state index is 4.42. The lowest BCUT2D eigenvalue weighted by atomic mass is 10.2. The van der Waals surface area contributed by atoms with Gasteiger partial charge in [0.05, 0.1) is 11.4 Å². The first kappa shape index (κ1) is 11.0. The molecule has 0 saturated heterocycles. The normalized spacial score (nSPS) is 12.6. The highest BCUT2D eigenvalue weighted by Gasteiger charge is 2.05. The van der Waals surface area contributed by atoms with Gasteiger partial charge < -0.3 is 5.32 Å². The number of aryl methyl sites for hydroxylation is 2. The minimum atomic E-state index is 0.467. The van der Waals surface area contributed by atoms with Crippen LogP contribution in [-0.4, -0.2) is 16.0 Å². The summed E-state index contributed by atoms with van der Waals surface area (Å²) in [5.74, 6) is 0.922. The van der Waals surface area contributed by atoms with Crippen molar-refractivity contribution < 1.29 is 0 Å². The Morgan fingerprint density at radius 3 is 2.79 bits per heavy atom. The van der Waals surface area contributed by atoms with Crippen molar-refractivity contribution in [2.75, 3.05) is 5.32 Å². The van der Waals surface area contributed by atoms with Gasteiger partial charge in [-0.1, -0.05) is 13.3 Å². The molecule has 1 aromatic rings. The van der Waals surface area contributed by atoms with Gasteiger partial charge in [-0.25, -0.2) is 4.98 Å².